The van der Waals surface area contributed by atoms with E-state index in [0.29, 0.717) is 6.42 Å². The molecule has 18 heavy (non-hydrogen) atoms. The lowest BCUT2D eigenvalue weighted by molar-refractivity contribution is -0.0218. The number of aromatic carboxylic acids is 1. The molecule has 0 aliphatic heterocycles. The summed E-state index contributed by atoms with van der Waals surface area (Å²) in [5, 5.41) is 9.06. The molecule has 2 rings (SSSR count). The van der Waals surface area contributed by atoms with Crippen molar-refractivity contribution in [3.05, 3.63) is 27.8 Å². The van der Waals surface area contributed by atoms with E-state index >= 15 is 0 Å². The van der Waals surface area contributed by atoms with Crippen molar-refractivity contribution in [1.82, 2.24) is 0 Å². The van der Waals surface area contributed by atoms with Gasteiger partial charge in [0.1, 0.15) is 5.56 Å². The average Bonchev–Trinajstić information content (AvgIpc) is 2.28. The highest BCUT2D eigenvalue weighted by Gasteiger charge is 2.40. The van der Waals surface area contributed by atoms with Gasteiger partial charge in [0, 0.05) is 12.0 Å². The minimum Gasteiger partial charge on any atom is -0.494 e. The lowest BCUT2D eigenvalue weighted by atomic mass is 9.85. The van der Waals surface area contributed by atoms with Gasteiger partial charge in [0.25, 0.3) is 5.92 Å². The van der Waals surface area contributed by atoms with Gasteiger partial charge in [0.05, 0.1) is 12.1 Å². The molecular weight excluding hydrogens is 266 g/mol. The summed E-state index contributed by atoms with van der Waals surface area (Å²) in [6.07, 6.45) is 0.243. The monoisotopic (exact) mass is 276 g/mol. The summed E-state index contributed by atoms with van der Waals surface area (Å²) >= 11 is 5.82. The quantitative estimate of drug-likeness (QED) is 0.899. The molecule has 6 heteroatoms. The van der Waals surface area contributed by atoms with E-state index in [-0.39, 0.29) is 40.3 Å². The Hall–Kier alpha value is -1.36. The van der Waals surface area contributed by atoms with Gasteiger partial charge in [-0.15, -0.1) is 0 Å². The fourth-order valence-electron chi connectivity index (χ4n) is 2.30. The molecule has 0 aromatic heterocycles. The Bertz CT molecular complexity index is 515. The molecule has 0 heterocycles. The number of alkyl halides is 2. The van der Waals surface area contributed by atoms with Crippen LogP contribution in [-0.4, -0.2) is 18.2 Å². The van der Waals surface area contributed by atoms with Gasteiger partial charge in [0.2, 0.25) is 0 Å². The number of hydrogen-bond donors (Lipinski definition) is 1. The van der Waals surface area contributed by atoms with Crippen LogP contribution in [0.2, 0.25) is 5.02 Å². The largest absolute Gasteiger partial charge is 0.494 e. The lowest BCUT2D eigenvalue weighted by Crippen LogP contribution is -2.23. The fraction of sp³-hybridized carbons (Fsp3) is 0.417. The summed E-state index contributed by atoms with van der Waals surface area (Å²) in [6.45, 7) is 0. The number of benzene rings is 1. The molecule has 1 N–H and O–H groups in total. The maximum Gasteiger partial charge on any atom is 0.339 e. The minimum atomic E-state index is -3.03. The SMILES string of the molecule is COc1c(Cl)cc2c(c1C(=O)O)CCCC2(F)F. The summed E-state index contributed by atoms with van der Waals surface area (Å²) in [7, 11) is 1.26. The van der Waals surface area contributed by atoms with Gasteiger partial charge in [-0.1, -0.05) is 11.6 Å². The van der Waals surface area contributed by atoms with Gasteiger partial charge in [-0.05, 0) is 24.5 Å². The summed E-state index contributed by atoms with van der Waals surface area (Å²) in [4.78, 5) is 11.2. The molecule has 0 bridgehead atoms. The first-order valence-electron chi connectivity index (χ1n) is 5.39. The number of fused-ring (bicyclic) bond motifs is 1. The number of methoxy groups -OCH3 is 1. The molecule has 1 aliphatic carbocycles. The number of rotatable bonds is 2. The van der Waals surface area contributed by atoms with Crippen LogP contribution < -0.4 is 4.74 Å². The molecule has 0 fully saturated rings. The zero-order valence-electron chi connectivity index (χ0n) is 9.60. The lowest BCUT2D eigenvalue weighted by Gasteiger charge is -2.27. The van der Waals surface area contributed by atoms with Crippen molar-refractivity contribution < 1.29 is 23.4 Å². The van der Waals surface area contributed by atoms with Crippen LogP contribution in [-0.2, 0) is 12.3 Å². The molecule has 1 aromatic carbocycles. The first-order valence-corrected chi connectivity index (χ1v) is 5.77. The topological polar surface area (TPSA) is 46.5 Å². The van der Waals surface area contributed by atoms with Crippen LogP contribution in [0.1, 0.15) is 34.3 Å². The van der Waals surface area contributed by atoms with Crippen LogP contribution in [0, 0.1) is 0 Å². The van der Waals surface area contributed by atoms with E-state index in [2.05, 4.69) is 0 Å². The fourth-order valence-corrected chi connectivity index (χ4v) is 2.58. The Labute approximate surface area is 107 Å². The smallest absolute Gasteiger partial charge is 0.339 e. The van der Waals surface area contributed by atoms with E-state index in [1.807, 2.05) is 0 Å². The zero-order chi connectivity index (χ0) is 13.5. The Morgan fingerprint density at radius 2 is 2.22 bits per heavy atom. The summed E-state index contributed by atoms with van der Waals surface area (Å²) in [5.41, 5.74) is -0.420. The van der Waals surface area contributed by atoms with E-state index < -0.39 is 11.9 Å². The predicted molar refractivity (Wildman–Crippen MR) is 61.8 cm³/mol. The molecule has 0 atom stereocenters. The Morgan fingerprint density at radius 3 is 2.78 bits per heavy atom. The van der Waals surface area contributed by atoms with Crippen LogP contribution in [0.25, 0.3) is 0 Å². The molecule has 0 saturated heterocycles. The van der Waals surface area contributed by atoms with Crippen molar-refractivity contribution in [1.29, 1.82) is 0 Å². The van der Waals surface area contributed by atoms with Gasteiger partial charge in [-0.25, -0.2) is 13.6 Å². The second-order valence-electron chi connectivity index (χ2n) is 4.16. The van der Waals surface area contributed by atoms with Gasteiger partial charge in [-0.2, -0.15) is 0 Å². The second kappa shape index (κ2) is 4.39. The van der Waals surface area contributed by atoms with E-state index in [0.717, 1.165) is 6.07 Å². The van der Waals surface area contributed by atoms with Crippen LogP contribution in [0.5, 0.6) is 5.75 Å². The average molecular weight is 277 g/mol. The molecule has 0 saturated carbocycles. The van der Waals surface area contributed by atoms with Crippen molar-refractivity contribution in [2.75, 3.05) is 7.11 Å². The van der Waals surface area contributed by atoms with E-state index in [9.17, 15) is 13.6 Å². The maximum absolute atomic E-state index is 13.8. The molecule has 3 nitrogen and oxygen atoms in total. The third-order valence-electron chi connectivity index (χ3n) is 3.07. The standard InChI is InChI=1S/C12H11ClF2O3/c1-18-10-8(13)5-7-6(9(10)11(16)17)3-2-4-12(7,14)15/h5H,2-4H2,1H3,(H,16,17). The molecule has 0 unspecified atom stereocenters. The van der Waals surface area contributed by atoms with Crippen molar-refractivity contribution in [2.45, 2.75) is 25.2 Å². The summed E-state index contributed by atoms with van der Waals surface area (Å²) in [6, 6.07) is 1.11. The Morgan fingerprint density at radius 1 is 1.56 bits per heavy atom. The van der Waals surface area contributed by atoms with Crippen LogP contribution in [0.15, 0.2) is 6.07 Å². The highest BCUT2D eigenvalue weighted by atomic mass is 35.5. The van der Waals surface area contributed by atoms with Crippen molar-refractivity contribution in [3.8, 4) is 5.75 Å². The van der Waals surface area contributed by atoms with Gasteiger partial charge < -0.3 is 9.84 Å². The molecule has 1 aliphatic rings. The number of carbonyl (C=O) groups is 1. The molecule has 98 valence electrons. The molecule has 0 spiro atoms. The summed E-state index contributed by atoms with van der Waals surface area (Å²) < 4.78 is 32.4. The van der Waals surface area contributed by atoms with E-state index in [4.69, 9.17) is 21.4 Å². The number of carboxylic acid groups (broad SMARTS) is 1. The van der Waals surface area contributed by atoms with Crippen LogP contribution >= 0.6 is 11.6 Å². The number of ether oxygens (including phenoxy) is 1. The normalized spacial score (nSPS) is 17.1. The van der Waals surface area contributed by atoms with Gasteiger partial charge in [0.15, 0.2) is 5.75 Å². The van der Waals surface area contributed by atoms with Crippen molar-refractivity contribution in [3.63, 3.8) is 0 Å². The first kappa shape index (κ1) is 13.1. The first-order chi connectivity index (χ1) is 8.38. The Kier molecular flexibility index (Phi) is 3.19. The van der Waals surface area contributed by atoms with Crippen molar-refractivity contribution >= 4 is 17.6 Å². The van der Waals surface area contributed by atoms with Gasteiger partial charge in [-0.3, -0.25) is 0 Å². The highest BCUT2D eigenvalue weighted by molar-refractivity contribution is 6.32. The number of carboxylic acids is 1. The molecular formula is C12H11ClF2O3. The van der Waals surface area contributed by atoms with E-state index in [1.54, 1.807) is 0 Å². The predicted octanol–water partition coefficient (Wildman–Crippen LogP) is 3.47. The molecule has 0 amide bonds. The number of halogens is 3. The number of hydrogen-bond acceptors (Lipinski definition) is 2. The Balaban J connectivity index is 2.78. The zero-order valence-corrected chi connectivity index (χ0v) is 10.4. The van der Waals surface area contributed by atoms with Crippen molar-refractivity contribution in [2.24, 2.45) is 0 Å². The summed E-state index contributed by atoms with van der Waals surface area (Å²) in [5.74, 6) is -4.39. The second-order valence-corrected chi connectivity index (χ2v) is 4.56. The van der Waals surface area contributed by atoms with Gasteiger partial charge >= 0.3 is 5.97 Å². The maximum atomic E-state index is 13.8. The third-order valence-corrected chi connectivity index (χ3v) is 3.35. The van der Waals surface area contributed by atoms with Crippen LogP contribution in [0.4, 0.5) is 8.78 Å². The molecule has 0 radical (unpaired) electrons. The van der Waals surface area contributed by atoms with E-state index in [1.165, 1.54) is 7.11 Å². The third kappa shape index (κ3) is 1.92. The minimum absolute atomic E-state index is 0.0550. The molecule has 1 aromatic rings. The van der Waals surface area contributed by atoms with Crippen LogP contribution in [0.3, 0.4) is 0 Å². The highest BCUT2D eigenvalue weighted by Crippen LogP contribution is 2.45.